The maximum atomic E-state index is 12.4. The highest BCUT2D eigenvalue weighted by atomic mass is 32.2. The third kappa shape index (κ3) is 3.29. The van der Waals surface area contributed by atoms with Crippen molar-refractivity contribution in [3.63, 3.8) is 0 Å². The van der Waals surface area contributed by atoms with Gasteiger partial charge in [-0.25, -0.2) is 0 Å². The zero-order valence-electron chi connectivity index (χ0n) is 12.9. The predicted molar refractivity (Wildman–Crippen MR) is 83.9 cm³/mol. The molecule has 7 heteroatoms. The fraction of sp³-hybridized carbons (Fsp3) is 0.188. The Balaban J connectivity index is 2.59. The van der Waals surface area contributed by atoms with E-state index in [-0.39, 0.29) is 22.0 Å². The highest BCUT2D eigenvalue weighted by Gasteiger charge is 2.24. The van der Waals surface area contributed by atoms with Crippen molar-refractivity contribution in [1.29, 1.82) is 0 Å². The molecule has 0 N–H and O–H groups in total. The molecular weight excluding hydrogens is 320 g/mol. The van der Waals surface area contributed by atoms with Gasteiger partial charge in [0.2, 0.25) is 0 Å². The second-order valence-electron chi connectivity index (χ2n) is 4.62. The predicted octanol–water partition coefficient (Wildman–Crippen LogP) is 2.59. The van der Waals surface area contributed by atoms with E-state index in [9.17, 15) is 13.2 Å². The third-order valence-electron chi connectivity index (χ3n) is 3.24. The summed E-state index contributed by atoms with van der Waals surface area (Å²) in [4.78, 5) is 11.3. The van der Waals surface area contributed by atoms with Gasteiger partial charge >= 0.3 is 10.1 Å². The summed E-state index contributed by atoms with van der Waals surface area (Å²) < 4.78 is 40.3. The Morgan fingerprint density at radius 2 is 1.65 bits per heavy atom. The molecule has 0 amide bonds. The normalized spacial score (nSPS) is 10.9. The number of carbonyl (C=O) groups is 1. The van der Waals surface area contributed by atoms with Gasteiger partial charge in [0.05, 0.1) is 19.8 Å². The first-order valence-electron chi connectivity index (χ1n) is 6.65. The van der Waals surface area contributed by atoms with E-state index < -0.39 is 10.1 Å². The fourth-order valence-electron chi connectivity index (χ4n) is 2.10. The number of rotatable bonds is 6. The zero-order valence-corrected chi connectivity index (χ0v) is 13.7. The molecule has 2 aromatic carbocycles. The first-order valence-corrected chi connectivity index (χ1v) is 8.05. The van der Waals surface area contributed by atoms with Crippen LogP contribution in [-0.4, -0.2) is 28.9 Å². The van der Waals surface area contributed by atoms with E-state index in [1.807, 2.05) is 0 Å². The summed E-state index contributed by atoms with van der Waals surface area (Å²) >= 11 is 0. The minimum absolute atomic E-state index is 0.0174. The van der Waals surface area contributed by atoms with Gasteiger partial charge in [-0.1, -0.05) is 18.2 Å². The van der Waals surface area contributed by atoms with E-state index in [1.54, 1.807) is 25.1 Å². The molecule has 0 saturated heterocycles. The topological polar surface area (TPSA) is 78.9 Å². The lowest BCUT2D eigenvalue weighted by atomic mass is 10.1. The second kappa shape index (κ2) is 6.70. The van der Waals surface area contributed by atoms with Gasteiger partial charge in [0, 0.05) is 5.56 Å². The minimum Gasteiger partial charge on any atom is -0.496 e. The van der Waals surface area contributed by atoms with Gasteiger partial charge < -0.3 is 13.7 Å². The van der Waals surface area contributed by atoms with Crippen LogP contribution in [0.4, 0.5) is 0 Å². The average molecular weight is 336 g/mol. The number of benzene rings is 2. The zero-order chi connectivity index (χ0) is 17.0. The van der Waals surface area contributed by atoms with Gasteiger partial charge in [-0.2, -0.15) is 8.42 Å². The highest BCUT2D eigenvalue weighted by molar-refractivity contribution is 7.87. The van der Waals surface area contributed by atoms with E-state index >= 15 is 0 Å². The van der Waals surface area contributed by atoms with Crippen LogP contribution in [0, 0.1) is 6.92 Å². The van der Waals surface area contributed by atoms with E-state index in [4.69, 9.17) is 13.7 Å². The molecule has 2 rings (SSSR count). The van der Waals surface area contributed by atoms with Gasteiger partial charge in [-0.3, -0.25) is 4.79 Å². The summed E-state index contributed by atoms with van der Waals surface area (Å²) in [5.74, 6) is 0.365. The molecule has 0 atom stereocenters. The molecule has 0 bridgehead atoms. The minimum atomic E-state index is -4.09. The molecule has 0 spiro atoms. The van der Waals surface area contributed by atoms with Crippen molar-refractivity contribution >= 4 is 16.4 Å². The molecule has 122 valence electrons. The van der Waals surface area contributed by atoms with Crippen LogP contribution in [0.15, 0.2) is 41.3 Å². The van der Waals surface area contributed by atoms with Crippen LogP contribution in [0.2, 0.25) is 0 Å². The number of ether oxygens (including phenoxy) is 2. The van der Waals surface area contributed by atoms with Crippen molar-refractivity contribution in [1.82, 2.24) is 0 Å². The Morgan fingerprint density at radius 1 is 1.00 bits per heavy atom. The standard InChI is InChI=1S/C16H16O6S/c1-11-14(20-2)9-12(10-17)16(15(11)21-3)22-23(18,19)13-7-5-4-6-8-13/h4-10H,1-3H3. The van der Waals surface area contributed by atoms with E-state index in [0.29, 0.717) is 17.6 Å². The van der Waals surface area contributed by atoms with Crippen LogP contribution in [-0.2, 0) is 10.1 Å². The summed E-state index contributed by atoms with van der Waals surface area (Å²) in [7, 11) is -1.29. The van der Waals surface area contributed by atoms with Crippen molar-refractivity contribution in [2.24, 2.45) is 0 Å². The molecule has 2 aromatic rings. The third-order valence-corrected chi connectivity index (χ3v) is 4.48. The first kappa shape index (κ1) is 16.8. The molecule has 0 fully saturated rings. The van der Waals surface area contributed by atoms with Crippen molar-refractivity contribution in [2.45, 2.75) is 11.8 Å². The van der Waals surface area contributed by atoms with Gasteiger partial charge in [0.15, 0.2) is 17.8 Å². The molecule has 0 aliphatic carbocycles. The molecule has 0 aromatic heterocycles. The monoisotopic (exact) mass is 336 g/mol. The van der Waals surface area contributed by atoms with Crippen molar-refractivity contribution in [3.05, 3.63) is 47.5 Å². The molecular formula is C16H16O6S. The summed E-state index contributed by atoms with van der Waals surface area (Å²) in [5.41, 5.74) is 0.544. The number of methoxy groups -OCH3 is 2. The lowest BCUT2D eigenvalue weighted by Crippen LogP contribution is -2.12. The highest BCUT2D eigenvalue weighted by Crippen LogP contribution is 2.40. The van der Waals surface area contributed by atoms with Gasteiger partial charge in [0.25, 0.3) is 0 Å². The second-order valence-corrected chi connectivity index (χ2v) is 6.17. The molecule has 0 heterocycles. The maximum absolute atomic E-state index is 12.4. The van der Waals surface area contributed by atoms with Crippen molar-refractivity contribution < 1.29 is 26.9 Å². The summed E-state index contributed by atoms with van der Waals surface area (Å²) in [6.45, 7) is 1.67. The SMILES string of the molecule is COc1cc(C=O)c(OS(=O)(=O)c2ccccc2)c(OC)c1C. The molecule has 0 radical (unpaired) electrons. The quantitative estimate of drug-likeness (QED) is 0.596. The average Bonchev–Trinajstić information content (AvgIpc) is 2.56. The summed E-state index contributed by atoms with van der Waals surface area (Å²) in [6.07, 6.45) is 0.486. The van der Waals surface area contributed by atoms with Crippen molar-refractivity contribution in [2.75, 3.05) is 14.2 Å². The molecule has 6 nitrogen and oxygen atoms in total. The van der Waals surface area contributed by atoms with Crippen LogP contribution < -0.4 is 13.7 Å². The maximum Gasteiger partial charge on any atom is 0.339 e. The Morgan fingerprint density at radius 3 is 2.17 bits per heavy atom. The van der Waals surface area contributed by atoms with Gasteiger partial charge in [-0.05, 0) is 25.1 Å². The molecule has 0 aliphatic heterocycles. The van der Waals surface area contributed by atoms with Crippen LogP contribution in [0.25, 0.3) is 0 Å². The Labute approximate surface area is 134 Å². The van der Waals surface area contributed by atoms with Crippen LogP contribution in [0.1, 0.15) is 15.9 Å². The number of hydrogen-bond donors (Lipinski definition) is 0. The van der Waals surface area contributed by atoms with Crippen LogP contribution in [0.5, 0.6) is 17.2 Å². The Kier molecular flexibility index (Phi) is 4.90. The summed E-state index contributed by atoms with van der Waals surface area (Å²) in [5, 5.41) is 0. The van der Waals surface area contributed by atoms with E-state index in [2.05, 4.69) is 0 Å². The number of hydrogen-bond acceptors (Lipinski definition) is 6. The van der Waals surface area contributed by atoms with Gasteiger partial charge in [-0.15, -0.1) is 0 Å². The Hall–Kier alpha value is -2.54. The van der Waals surface area contributed by atoms with E-state index in [0.717, 1.165) is 0 Å². The lowest BCUT2D eigenvalue weighted by molar-refractivity contribution is 0.112. The smallest absolute Gasteiger partial charge is 0.339 e. The van der Waals surface area contributed by atoms with Crippen LogP contribution >= 0.6 is 0 Å². The number of carbonyl (C=O) groups excluding carboxylic acids is 1. The largest absolute Gasteiger partial charge is 0.496 e. The van der Waals surface area contributed by atoms with E-state index in [1.165, 1.54) is 32.4 Å². The van der Waals surface area contributed by atoms with Gasteiger partial charge in [0.1, 0.15) is 10.6 Å². The Bertz CT molecular complexity index is 812. The number of aldehydes is 1. The first-order chi connectivity index (χ1) is 10.9. The molecule has 0 saturated carbocycles. The van der Waals surface area contributed by atoms with Crippen LogP contribution in [0.3, 0.4) is 0 Å². The molecule has 23 heavy (non-hydrogen) atoms. The fourth-order valence-corrected chi connectivity index (χ4v) is 3.08. The lowest BCUT2D eigenvalue weighted by Gasteiger charge is -2.16. The molecule has 0 unspecified atom stereocenters. The van der Waals surface area contributed by atoms with Crippen molar-refractivity contribution in [3.8, 4) is 17.2 Å². The molecule has 0 aliphatic rings. The summed E-state index contributed by atoms with van der Waals surface area (Å²) in [6, 6.07) is 9.05.